The molecule has 0 unspecified atom stereocenters. The molecule has 36 heavy (non-hydrogen) atoms. The quantitative estimate of drug-likeness (QED) is 0.334. The smallest absolute Gasteiger partial charge is 0.269 e. The summed E-state index contributed by atoms with van der Waals surface area (Å²) in [4.78, 5) is 36.1. The van der Waals surface area contributed by atoms with Crippen molar-refractivity contribution in [3.05, 3.63) is 97.6 Å². The van der Waals surface area contributed by atoms with Crippen LogP contribution in [0.25, 0.3) is 0 Å². The molecule has 3 aromatic carbocycles. The molecule has 186 valence electrons. The molecule has 1 aliphatic heterocycles. The van der Waals surface area contributed by atoms with Crippen LogP contribution in [0.15, 0.2) is 60.7 Å². The molecule has 11 heteroatoms. The number of nitro benzene ring substituents is 2. The van der Waals surface area contributed by atoms with Crippen molar-refractivity contribution in [1.29, 1.82) is 0 Å². The van der Waals surface area contributed by atoms with Crippen LogP contribution in [0.4, 0.5) is 11.4 Å². The second-order valence-corrected chi connectivity index (χ2v) is 8.04. The molecule has 0 spiro atoms. The highest BCUT2D eigenvalue weighted by atomic mass is 16.6. The molecule has 0 saturated heterocycles. The summed E-state index contributed by atoms with van der Waals surface area (Å²) in [6.45, 7) is 0.450. The number of carbonyl (C=O) groups is 1. The minimum Gasteiger partial charge on any atom is -0.493 e. The molecule has 0 aliphatic carbocycles. The predicted molar refractivity (Wildman–Crippen MR) is 129 cm³/mol. The van der Waals surface area contributed by atoms with Gasteiger partial charge < -0.3 is 19.1 Å². The first-order valence-corrected chi connectivity index (χ1v) is 11.0. The van der Waals surface area contributed by atoms with Crippen LogP contribution in [0.3, 0.4) is 0 Å². The van der Waals surface area contributed by atoms with Gasteiger partial charge in [0.25, 0.3) is 17.3 Å². The lowest BCUT2D eigenvalue weighted by Crippen LogP contribution is -2.42. The van der Waals surface area contributed by atoms with Crippen LogP contribution in [-0.2, 0) is 6.42 Å². The number of benzene rings is 3. The van der Waals surface area contributed by atoms with E-state index < -0.39 is 15.9 Å². The van der Waals surface area contributed by atoms with Crippen LogP contribution in [0.5, 0.6) is 17.2 Å². The Kier molecular flexibility index (Phi) is 7.00. The zero-order chi connectivity index (χ0) is 25.8. The van der Waals surface area contributed by atoms with Gasteiger partial charge in [0, 0.05) is 36.4 Å². The zero-order valence-electron chi connectivity index (χ0n) is 19.6. The van der Waals surface area contributed by atoms with Crippen molar-refractivity contribution in [3.8, 4) is 17.2 Å². The Labute approximate surface area is 206 Å². The maximum Gasteiger partial charge on any atom is 0.269 e. The van der Waals surface area contributed by atoms with Crippen LogP contribution in [-0.4, -0.2) is 48.0 Å². The lowest BCUT2D eigenvalue weighted by atomic mass is 9.91. The monoisotopic (exact) mass is 493 g/mol. The fraction of sp³-hybridized carbons (Fsp3) is 0.240. The molecule has 0 fully saturated rings. The van der Waals surface area contributed by atoms with Crippen molar-refractivity contribution < 1.29 is 28.9 Å². The Morgan fingerprint density at radius 2 is 1.47 bits per heavy atom. The van der Waals surface area contributed by atoms with Gasteiger partial charge in [0.15, 0.2) is 11.5 Å². The van der Waals surface area contributed by atoms with Gasteiger partial charge in [-0.3, -0.25) is 25.0 Å². The summed E-state index contributed by atoms with van der Waals surface area (Å²) >= 11 is 0. The molecule has 1 amide bonds. The van der Waals surface area contributed by atoms with E-state index in [0.717, 1.165) is 11.1 Å². The summed E-state index contributed by atoms with van der Waals surface area (Å²) in [6, 6.07) is 14.3. The number of ether oxygens (including phenoxy) is 3. The fourth-order valence-electron chi connectivity index (χ4n) is 4.18. The molecule has 0 radical (unpaired) electrons. The number of carbonyl (C=O) groups excluding carboxylic acids is 1. The lowest BCUT2D eigenvalue weighted by Gasteiger charge is -2.37. The Hall–Kier alpha value is -4.67. The van der Waals surface area contributed by atoms with E-state index in [4.69, 9.17) is 14.2 Å². The molecule has 4 rings (SSSR count). The van der Waals surface area contributed by atoms with Gasteiger partial charge in [-0.05, 0) is 53.9 Å². The number of nitrogens with zero attached hydrogens (tertiary/aromatic N) is 3. The highest BCUT2D eigenvalue weighted by Crippen LogP contribution is 2.39. The number of fused-ring (bicyclic) bond motifs is 1. The number of nitro groups is 2. The van der Waals surface area contributed by atoms with E-state index in [0.29, 0.717) is 35.8 Å². The Morgan fingerprint density at radius 1 is 0.917 bits per heavy atom. The van der Waals surface area contributed by atoms with E-state index in [9.17, 15) is 25.0 Å². The molecule has 11 nitrogen and oxygen atoms in total. The Balaban J connectivity index is 1.67. The van der Waals surface area contributed by atoms with E-state index in [2.05, 4.69) is 0 Å². The second kappa shape index (κ2) is 10.3. The van der Waals surface area contributed by atoms with Gasteiger partial charge in [0.2, 0.25) is 0 Å². The molecule has 1 atom stereocenters. The molecular formula is C25H23N3O8. The van der Waals surface area contributed by atoms with Gasteiger partial charge in [-0.2, -0.15) is 0 Å². The minimum atomic E-state index is -0.522. The van der Waals surface area contributed by atoms with E-state index in [1.54, 1.807) is 12.0 Å². The topological polar surface area (TPSA) is 134 Å². The average molecular weight is 493 g/mol. The van der Waals surface area contributed by atoms with Crippen LogP contribution in [0.2, 0.25) is 0 Å². The van der Waals surface area contributed by atoms with E-state index in [-0.39, 0.29) is 23.9 Å². The normalized spacial score (nSPS) is 14.5. The molecule has 0 saturated carbocycles. The maximum absolute atomic E-state index is 13.5. The number of amides is 1. The third-order valence-electron chi connectivity index (χ3n) is 6.04. The molecule has 0 aromatic heterocycles. The molecule has 1 aliphatic rings. The van der Waals surface area contributed by atoms with Gasteiger partial charge >= 0.3 is 0 Å². The summed E-state index contributed by atoms with van der Waals surface area (Å²) in [6.07, 6.45) is 0.558. The zero-order valence-corrected chi connectivity index (χ0v) is 19.6. The van der Waals surface area contributed by atoms with Crippen molar-refractivity contribution in [2.45, 2.75) is 12.5 Å². The van der Waals surface area contributed by atoms with Crippen molar-refractivity contribution in [3.63, 3.8) is 0 Å². The molecule has 1 heterocycles. The van der Waals surface area contributed by atoms with E-state index in [1.807, 2.05) is 12.1 Å². The number of non-ortho nitro benzene ring substituents is 2. The second-order valence-electron chi connectivity index (χ2n) is 8.04. The Bertz CT molecular complexity index is 1290. The van der Waals surface area contributed by atoms with Crippen LogP contribution < -0.4 is 14.2 Å². The van der Waals surface area contributed by atoms with Crippen LogP contribution >= 0.6 is 0 Å². The summed E-state index contributed by atoms with van der Waals surface area (Å²) in [7, 11) is 3.07. The average Bonchev–Trinajstić information content (AvgIpc) is 2.90. The fourth-order valence-corrected chi connectivity index (χ4v) is 4.18. The molecule has 0 N–H and O–H groups in total. The largest absolute Gasteiger partial charge is 0.493 e. The van der Waals surface area contributed by atoms with Crippen LogP contribution in [0, 0.1) is 20.2 Å². The van der Waals surface area contributed by atoms with Crippen LogP contribution in [0.1, 0.15) is 27.5 Å². The van der Waals surface area contributed by atoms with Gasteiger partial charge in [0.1, 0.15) is 12.4 Å². The first kappa shape index (κ1) is 24.5. The summed E-state index contributed by atoms with van der Waals surface area (Å²) in [5.41, 5.74) is 1.93. The van der Waals surface area contributed by atoms with Gasteiger partial charge in [0.05, 0.1) is 30.1 Å². The first-order valence-electron chi connectivity index (χ1n) is 11.0. The summed E-state index contributed by atoms with van der Waals surface area (Å²) in [5.74, 6) is 1.18. The Morgan fingerprint density at radius 3 is 2.03 bits per heavy atom. The van der Waals surface area contributed by atoms with Gasteiger partial charge in [-0.15, -0.1) is 0 Å². The summed E-state index contributed by atoms with van der Waals surface area (Å²) in [5, 5.41) is 21.9. The number of rotatable bonds is 8. The first-order chi connectivity index (χ1) is 17.3. The van der Waals surface area contributed by atoms with Crippen molar-refractivity contribution >= 4 is 17.3 Å². The predicted octanol–water partition coefficient (Wildman–Crippen LogP) is 4.34. The van der Waals surface area contributed by atoms with Gasteiger partial charge in [-0.1, -0.05) is 0 Å². The maximum atomic E-state index is 13.5. The molecular weight excluding hydrogens is 470 g/mol. The highest BCUT2D eigenvalue weighted by Gasteiger charge is 2.33. The third kappa shape index (κ3) is 4.90. The van der Waals surface area contributed by atoms with Crippen molar-refractivity contribution in [2.24, 2.45) is 0 Å². The van der Waals surface area contributed by atoms with E-state index in [1.165, 1.54) is 55.6 Å². The summed E-state index contributed by atoms with van der Waals surface area (Å²) < 4.78 is 16.8. The number of hydrogen-bond donors (Lipinski definition) is 0. The highest BCUT2D eigenvalue weighted by molar-refractivity contribution is 5.95. The van der Waals surface area contributed by atoms with Crippen molar-refractivity contribution in [2.75, 3.05) is 27.4 Å². The van der Waals surface area contributed by atoms with Crippen molar-refractivity contribution in [1.82, 2.24) is 4.90 Å². The SMILES string of the molecule is COc1cc2c(cc1OC)[C@H](COc1ccc([N+](=O)[O-])cc1)N(C(=O)c1ccc([N+](=O)[O-])cc1)CC2. The third-order valence-corrected chi connectivity index (χ3v) is 6.04. The lowest BCUT2D eigenvalue weighted by molar-refractivity contribution is -0.385. The van der Waals surface area contributed by atoms with Gasteiger partial charge in [-0.25, -0.2) is 0 Å². The molecule has 0 bridgehead atoms. The number of methoxy groups -OCH3 is 2. The van der Waals surface area contributed by atoms with E-state index >= 15 is 0 Å². The standard InChI is InChI=1S/C25H23N3O8/c1-34-23-13-17-11-12-26(25(29)16-3-5-18(6-4-16)27(30)31)22(21(17)14-24(23)35-2)15-36-20-9-7-19(8-10-20)28(32)33/h3-10,13-14,22H,11-12,15H2,1-2H3/t22-/m0/s1. The molecule has 3 aromatic rings. The number of hydrogen-bond acceptors (Lipinski definition) is 8. The minimum absolute atomic E-state index is 0.0582.